The Balaban J connectivity index is 1.83. The molecule has 1 saturated heterocycles. The molecule has 3 heteroatoms. The largest absolute Gasteiger partial charge is 0.379 e. The van der Waals surface area contributed by atoms with E-state index in [0.29, 0.717) is 18.2 Å². The summed E-state index contributed by atoms with van der Waals surface area (Å²) >= 11 is 0. The van der Waals surface area contributed by atoms with Gasteiger partial charge < -0.3 is 15.2 Å². The molecule has 3 nitrogen and oxygen atoms in total. The van der Waals surface area contributed by atoms with Gasteiger partial charge >= 0.3 is 0 Å². The molecule has 2 N–H and O–H groups in total. The van der Waals surface area contributed by atoms with E-state index in [4.69, 9.17) is 15.2 Å². The molecule has 1 aliphatic carbocycles. The number of nitrogens with two attached hydrogens (primary N) is 1. The number of hydrogen-bond donors (Lipinski definition) is 1. The fourth-order valence-corrected chi connectivity index (χ4v) is 2.00. The average molecular weight is 185 g/mol. The lowest BCUT2D eigenvalue weighted by atomic mass is 9.65. The van der Waals surface area contributed by atoms with Crippen LogP contribution in [-0.4, -0.2) is 31.5 Å². The average Bonchev–Trinajstić information content (AvgIpc) is 2.56. The minimum absolute atomic E-state index is 0.155. The van der Waals surface area contributed by atoms with Crippen LogP contribution in [0.5, 0.6) is 0 Å². The van der Waals surface area contributed by atoms with Crippen molar-refractivity contribution in [2.75, 3.05) is 13.2 Å². The first-order valence-electron chi connectivity index (χ1n) is 5.09. The summed E-state index contributed by atoms with van der Waals surface area (Å²) in [5, 5.41) is 0. The SMILES string of the molecule is CC1(C)C(N)CC1OC1CCOC1. The van der Waals surface area contributed by atoms with Gasteiger partial charge in [-0.3, -0.25) is 0 Å². The van der Waals surface area contributed by atoms with Gasteiger partial charge in [-0.25, -0.2) is 0 Å². The van der Waals surface area contributed by atoms with Crippen molar-refractivity contribution in [3.63, 3.8) is 0 Å². The van der Waals surface area contributed by atoms with E-state index >= 15 is 0 Å². The molecule has 76 valence electrons. The second-order valence-electron chi connectivity index (χ2n) is 4.77. The maximum Gasteiger partial charge on any atom is 0.0834 e. The van der Waals surface area contributed by atoms with Crippen LogP contribution >= 0.6 is 0 Å². The first-order chi connectivity index (χ1) is 6.10. The van der Waals surface area contributed by atoms with Crippen LogP contribution in [0.15, 0.2) is 0 Å². The topological polar surface area (TPSA) is 44.5 Å². The first-order valence-corrected chi connectivity index (χ1v) is 5.09. The molecule has 0 bridgehead atoms. The molecule has 1 saturated carbocycles. The van der Waals surface area contributed by atoms with Crippen LogP contribution in [0.25, 0.3) is 0 Å². The highest BCUT2D eigenvalue weighted by atomic mass is 16.6. The Labute approximate surface area is 79.6 Å². The summed E-state index contributed by atoms with van der Waals surface area (Å²) in [4.78, 5) is 0. The van der Waals surface area contributed by atoms with Gasteiger partial charge in [0.15, 0.2) is 0 Å². The van der Waals surface area contributed by atoms with Crippen LogP contribution in [-0.2, 0) is 9.47 Å². The van der Waals surface area contributed by atoms with Crippen molar-refractivity contribution >= 4 is 0 Å². The smallest absolute Gasteiger partial charge is 0.0834 e. The van der Waals surface area contributed by atoms with E-state index in [1.54, 1.807) is 0 Å². The molecule has 0 radical (unpaired) electrons. The van der Waals surface area contributed by atoms with Gasteiger partial charge in [-0.15, -0.1) is 0 Å². The minimum atomic E-state index is 0.155. The Morgan fingerprint density at radius 1 is 1.46 bits per heavy atom. The molecule has 0 aromatic heterocycles. The quantitative estimate of drug-likeness (QED) is 0.695. The van der Waals surface area contributed by atoms with Crippen molar-refractivity contribution in [3.8, 4) is 0 Å². The molecular weight excluding hydrogens is 166 g/mol. The van der Waals surface area contributed by atoms with E-state index < -0.39 is 0 Å². The predicted molar refractivity (Wildman–Crippen MR) is 50.5 cm³/mol. The van der Waals surface area contributed by atoms with Gasteiger partial charge in [0.25, 0.3) is 0 Å². The zero-order valence-electron chi connectivity index (χ0n) is 8.45. The third kappa shape index (κ3) is 1.60. The molecule has 0 aromatic carbocycles. The zero-order chi connectivity index (χ0) is 9.47. The summed E-state index contributed by atoms with van der Waals surface area (Å²) in [5.74, 6) is 0. The summed E-state index contributed by atoms with van der Waals surface area (Å²) in [5.41, 5.74) is 6.07. The highest BCUT2D eigenvalue weighted by molar-refractivity contribution is 5.01. The molecule has 0 aromatic rings. The number of ether oxygens (including phenoxy) is 2. The molecule has 2 rings (SSSR count). The van der Waals surface area contributed by atoms with Crippen LogP contribution < -0.4 is 5.73 Å². The second-order valence-corrected chi connectivity index (χ2v) is 4.77. The van der Waals surface area contributed by atoms with Gasteiger partial charge in [0.05, 0.1) is 18.8 Å². The van der Waals surface area contributed by atoms with E-state index in [-0.39, 0.29) is 5.41 Å². The Morgan fingerprint density at radius 3 is 2.69 bits per heavy atom. The van der Waals surface area contributed by atoms with Crippen LogP contribution in [0.1, 0.15) is 26.7 Å². The maximum atomic E-state index is 5.93. The van der Waals surface area contributed by atoms with Gasteiger partial charge in [0, 0.05) is 18.1 Å². The summed E-state index contributed by atoms with van der Waals surface area (Å²) in [7, 11) is 0. The van der Waals surface area contributed by atoms with Crippen molar-refractivity contribution in [2.24, 2.45) is 11.1 Å². The lowest BCUT2D eigenvalue weighted by Gasteiger charge is -2.50. The summed E-state index contributed by atoms with van der Waals surface area (Å²) in [6.07, 6.45) is 2.71. The lowest BCUT2D eigenvalue weighted by Crippen LogP contribution is -2.59. The van der Waals surface area contributed by atoms with Gasteiger partial charge in [-0.05, 0) is 12.8 Å². The third-order valence-corrected chi connectivity index (χ3v) is 3.50. The Hall–Kier alpha value is -0.120. The Kier molecular flexibility index (Phi) is 2.34. The summed E-state index contributed by atoms with van der Waals surface area (Å²) in [6.45, 7) is 5.98. The van der Waals surface area contributed by atoms with Gasteiger partial charge in [-0.1, -0.05) is 13.8 Å². The van der Waals surface area contributed by atoms with E-state index in [9.17, 15) is 0 Å². The van der Waals surface area contributed by atoms with E-state index in [1.807, 2.05) is 0 Å². The van der Waals surface area contributed by atoms with Gasteiger partial charge in [0.2, 0.25) is 0 Å². The van der Waals surface area contributed by atoms with Crippen molar-refractivity contribution in [1.29, 1.82) is 0 Å². The minimum Gasteiger partial charge on any atom is -0.379 e. The maximum absolute atomic E-state index is 5.93. The summed E-state index contributed by atoms with van der Waals surface area (Å²) < 4.78 is 11.2. The highest BCUT2D eigenvalue weighted by Crippen LogP contribution is 2.42. The molecular formula is C10H19NO2. The molecule has 2 aliphatic rings. The normalized spacial score (nSPS) is 43.2. The molecule has 0 spiro atoms. The second kappa shape index (κ2) is 3.23. The van der Waals surface area contributed by atoms with Crippen molar-refractivity contribution in [1.82, 2.24) is 0 Å². The van der Waals surface area contributed by atoms with Gasteiger partial charge in [0.1, 0.15) is 0 Å². The predicted octanol–water partition coefficient (Wildman–Crippen LogP) is 0.918. The van der Waals surface area contributed by atoms with Crippen molar-refractivity contribution in [3.05, 3.63) is 0 Å². The Morgan fingerprint density at radius 2 is 2.23 bits per heavy atom. The van der Waals surface area contributed by atoms with E-state index in [1.165, 1.54) is 0 Å². The summed E-state index contributed by atoms with van der Waals surface area (Å²) in [6, 6.07) is 0.305. The number of hydrogen-bond acceptors (Lipinski definition) is 3. The fourth-order valence-electron chi connectivity index (χ4n) is 2.00. The third-order valence-electron chi connectivity index (χ3n) is 3.50. The fraction of sp³-hybridized carbons (Fsp3) is 1.00. The van der Waals surface area contributed by atoms with Crippen LogP contribution in [0.4, 0.5) is 0 Å². The van der Waals surface area contributed by atoms with Crippen LogP contribution in [0.2, 0.25) is 0 Å². The Bertz CT molecular complexity index is 187. The highest BCUT2D eigenvalue weighted by Gasteiger charge is 2.47. The number of rotatable bonds is 2. The monoisotopic (exact) mass is 185 g/mol. The molecule has 3 atom stereocenters. The van der Waals surface area contributed by atoms with Crippen molar-refractivity contribution < 1.29 is 9.47 Å². The standard InChI is InChI=1S/C10H19NO2/c1-10(2)8(11)5-9(10)13-7-3-4-12-6-7/h7-9H,3-6,11H2,1-2H3. The van der Waals surface area contributed by atoms with E-state index in [2.05, 4.69) is 13.8 Å². The van der Waals surface area contributed by atoms with Crippen LogP contribution in [0.3, 0.4) is 0 Å². The zero-order valence-corrected chi connectivity index (χ0v) is 8.45. The molecule has 1 aliphatic heterocycles. The molecule has 3 unspecified atom stereocenters. The van der Waals surface area contributed by atoms with Crippen molar-refractivity contribution in [2.45, 2.75) is 44.9 Å². The van der Waals surface area contributed by atoms with Crippen LogP contribution in [0, 0.1) is 5.41 Å². The molecule has 2 fully saturated rings. The van der Waals surface area contributed by atoms with Gasteiger partial charge in [-0.2, -0.15) is 0 Å². The molecule has 1 heterocycles. The first kappa shape index (κ1) is 9.44. The molecule has 13 heavy (non-hydrogen) atoms. The molecule has 0 amide bonds. The van der Waals surface area contributed by atoms with E-state index in [0.717, 1.165) is 26.1 Å². The lowest BCUT2D eigenvalue weighted by molar-refractivity contribution is -0.138.